The maximum Gasteiger partial charge on any atom is 0.326 e. The van der Waals surface area contributed by atoms with Gasteiger partial charge in [0.15, 0.2) is 5.96 Å². The van der Waals surface area contributed by atoms with Crippen molar-refractivity contribution >= 4 is 77.0 Å². The molecule has 0 saturated heterocycles. The Morgan fingerprint density at radius 2 is 0.975 bits per heavy atom. The lowest BCUT2D eigenvalue weighted by molar-refractivity contribution is -0.143. The Bertz CT molecular complexity index is 2320. The molecule has 30 nitrogen and oxygen atoms in total. The highest BCUT2D eigenvalue weighted by Gasteiger charge is 2.38. The van der Waals surface area contributed by atoms with E-state index in [-0.39, 0.29) is 62.7 Å². The van der Waals surface area contributed by atoms with Crippen LogP contribution < -0.4 is 65.5 Å². The monoisotopic (exact) mass is 1120 g/mol. The quantitative estimate of drug-likeness (QED) is 0.0170. The summed E-state index contributed by atoms with van der Waals surface area (Å²) < 4.78 is 0. The van der Waals surface area contributed by atoms with Crippen molar-refractivity contribution in [3.05, 3.63) is 29.8 Å². The summed E-state index contributed by atoms with van der Waals surface area (Å²) >= 11 is 0. The van der Waals surface area contributed by atoms with E-state index in [4.69, 9.17) is 22.9 Å². The third-order valence-electron chi connectivity index (χ3n) is 12.4. The Kier molecular flexibility index (Phi) is 30.1. The zero-order chi connectivity index (χ0) is 60.3. The molecule has 0 bridgehead atoms. The van der Waals surface area contributed by atoms with Gasteiger partial charge >= 0.3 is 17.9 Å². The minimum absolute atomic E-state index is 0.00466. The number of carboxylic acids is 3. The van der Waals surface area contributed by atoms with E-state index in [1.165, 1.54) is 24.3 Å². The van der Waals surface area contributed by atoms with Gasteiger partial charge in [-0.25, -0.2) is 4.79 Å². The van der Waals surface area contributed by atoms with Gasteiger partial charge in [-0.15, -0.1) is 0 Å². The van der Waals surface area contributed by atoms with E-state index in [9.17, 15) is 83.1 Å². The number of hydrogen-bond donors (Lipinski definition) is 17. The lowest BCUT2D eigenvalue weighted by atomic mass is 9.94. The van der Waals surface area contributed by atoms with E-state index in [0.29, 0.717) is 5.56 Å². The third-order valence-corrected chi connectivity index (χ3v) is 12.4. The molecule has 0 aliphatic rings. The molecule has 0 aliphatic heterocycles. The molecule has 0 fully saturated rings. The number of aliphatic imine (C=N–C) groups is 1. The molecule has 0 saturated carbocycles. The summed E-state index contributed by atoms with van der Waals surface area (Å²) in [5.74, 6) is -15.9. The van der Waals surface area contributed by atoms with Crippen molar-refractivity contribution in [2.75, 3.05) is 13.2 Å². The molecule has 0 heterocycles. The SMILES string of the molecule is CC[C@H](C)[C@H](NC(=O)[C@H](Cc1ccc(O)cc1)NC(=O)[C@@H](N)CC(=O)O)C(=O)N[C@H](C(=O)N[C@@H](CO)C(=O)N[C@@H](CCC(N)=O)C(=O)N[C@@H](CC(=O)O)C(=O)N[C@@H](CCCN=C(N)N)C(=O)N[C@@H](CC(C)C)C(=O)O)[C@@H](C)CC. The second-order valence-corrected chi connectivity index (χ2v) is 19.4. The number of nitrogens with one attached hydrogen (secondary N) is 8. The van der Waals surface area contributed by atoms with Crippen LogP contribution in [0.2, 0.25) is 0 Å². The molecule has 9 amide bonds. The zero-order valence-corrected chi connectivity index (χ0v) is 45.1. The predicted octanol–water partition coefficient (Wildman–Crippen LogP) is -4.38. The summed E-state index contributed by atoms with van der Waals surface area (Å²) in [5.41, 5.74) is 22.3. The normalized spacial score (nSPS) is 15.2. The van der Waals surface area contributed by atoms with E-state index in [1.807, 2.05) is 0 Å². The highest BCUT2D eigenvalue weighted by Crippen LogP contribution is 2.16. The molecule has 1 aromatic carbocycles. The van der Waals surface area contributed by atoms with Gasteiger partial charge in [0.25, 0.3) is 0 Å². The van der Waals surface area contributed by atoms with Crippen molar-refractivity contribution < 1.29 is 83.1 Å². The molecule has 1 rings (SSSR count). The largest absolute Gasteiger partial charge is 0.508 e. The fraction of sp³-hybridized carbons (Fsp3) is 0.612. The molecule has 21 N–H and O–H groups in total. The standard InChI is InChI=1S/C49H79N13O17/c1-7-24(5)38(62-47(77)39(25(6)8-2)61-44(74)31(19-26-11-13-27(64)14-12-26)57-40(70)28(50)20-36(66)67)46(76)60-34(22-63)45(75)56-30(15-16-35(51)65)42(72)58-32(21-37(68)69)43(73)55-29(10-9-17-54-49(52)53)41(71)59-33(48(78)79)18-23(3)4/h11-14,23-25,28-34,38-39,63-64H,7-10,15-22,50H2,1-6H3,(H2,51,65)(H,55,73)(H,56,75)(H,57,70)(H,58,72)(H,59,71)(H,60,76)(H,61,74)(H,62,77)(H,66,67)(H,68,69)(H,78,79)(H4,52,53,54)/t24-,25-,28-,29-,30-,31-,32-,33-,34-,38-,39-/m0/s1. The minimum atomic E-state index is -1.99. The van der Waals surface area contributed by atoms with Gasteiger partial charge in [0.1, 0.15) is 54.1 Å². The highest BCUT2D eigenvalue weighted by atomic mass is 16.4. The molecule has 0 unspecified atom stereocenters. The summed E-state index contributed by atoms with van der Waals surface area (Å²) in [5, 5.41) is 67.8. The van der Waals surface area contributed by atoms with Gasteiger partial charge < -0.3 is 91.0 Å². The molecular formula is C49H79N13O17. The Balaban J connectivity index is 3.50. The third kappa shape index (κ3) is 25.7. The van der Waals surface area contributed by atoms with Gasteiger partial charge in [0.05, 0.1) is 25.5 Å². The predicted molar refractivity (Wildman–Crippen MR) is 281 cm³/mol. The first-order chi connectivity index (χ1) is 36.9. The van der Waals surface area contributed by atoms with E-state index >= 15 is 0 Å². The maximum atomic E-state index is 14.2. The van der Waals surface area contributed by atoms with Crippen LogP contribution in [-0.4, -0.2) is 170 Å². The number of phenolic OH excluding ortho intramolecular Hbond substituents is 1. The lowest BCUT2D eigenvalue weighted by Gasteiger charge is -2.31. The lowest BCUT2D eigenvalue weighted by Crippen LogP contribution is -2.62. The average molecular weight is 1120 g/mol. The van der Waals surface area contributed by atoms with Crippen LogP contribution in [0.3, 0.4) is 0 Å². The molecule has 442 valence electrons. The van der Waals surface area contributed by atoms with Gasteiger partial charge in [0.2, 0.25) is 53.2 Å². The van der Waals surface area contributed by atoms with Crippen molar-refractivity contribution in [2.24, 2.45) is 45.7 Å². The number of carboxylic acid groups (broad SMARTS) is 3. The summed E-state index contributed by atoms with van der Waals surface area (Å²) in [6, 6.07) is -8.91. The number of nitrogens with zero attached hydrogens (tertiary/aromatic N) is 1. The van der Waals surface area contributed by atoms with Crippen molar-refractivity contribution in [2.45, 2.75) is 160 Å². The first-order valence-electron chi connectivity index (χ1n) is 25.5. The number of aliphatic hydroxyl groups excluding tert-OH is 1. The van der Waals surface area contributed by atoms with Crippen LogP contribution in [0.15, 0.2) is 29.3 Å². The zero-order valence-electron chi connectivity index (χ0n) is 45.1. The number of benzene rings is 1. The van der Waals surface area contributed by atoms with E-state index in [1.54, 1.807) is 41.5 Å². The van der Waals surface area contributed by atoms with Crippen molar-refractivity contribution in [1.82, 2.24) is 42.5 Å². The molecule has 11 atom stereocenters. The van der Waals surface area contributed by atoms with Crippen LogP contribution in [0.1, 0.15) is 105 Å². The molecule has 79 heavy (non-hydrogen) atoms. The minimum Gasteiger partial charge on any atom is -0.508 e. The average Bonchev–Trinajstić information content (AvgIpc) is 3.36. The van der Waals surface area contributed by atoms with Crippen LogP contribution in [0.5, 0.6) is 5.75 Å². The Labute approximate surface area is 456 Å². The molecule has 0 aromatic heterocycles. The number of aromatic hydroxyl groups is 1. The Morgan fingerprint density at radius 3 is 1.44 bits per heavy atom. The summed E-state index contributed by atoms with van der Waals surface area (Å²) in [7, 11) is 0. The number of aliphatic hydroxyl groups is 1. The van der Waals surface area contributed by atoms with Crippen LogP contribution in [0, 0.1) is 17.8 Å². The first kappa shape index (κ1) is 68.9. The molecule has 1 aromatic rings. The van der Waals surface area contributed by atoms with Crippen LogP contribution >= 0.6 is 0 Å². The number of carbonyl (C=O) groups excluding carboxylic acids is 9. The smallest absolute Gasteiger partial charge is 0.326 e. The van der Waals surface area contributed by atoms with E-state index < -0.39 is 170 Å². The van der Waals surface area contributed by atoms with Crippen molar-refractivity contribution in [3.63, 3.8) is 0 Å². The van der Waals surface area contributed by atoms with Crippen LogP contribution in [0.25, 0.3) is 0 Å². The number of guanidine groups is 1. The van der Waals surface area contributed by atoms with Gasteiger partial charge in [-0.3, -0.25) is 57.7 Å². The van der Waals surface area contributed by atoms with Gasteiger partial charge in [-0.2, -0.15) is 0 Å². The molecule has 0 aliphatic carbocycles. The maximum absolute atomic E-state index is 14.2. The van der Waals surface area contributed by atoms with Gasteiger partial charge in [0, 0.05) is 19.4 Å². The number of phenols is 1. The molecule has 30 heteroatoms. The van der Waals surface area contributed by atoms with E-state index in [2.05, 4.69) is 47.5 Å². The van der Waals surface area contributed by atoms with Gasteiger partial charge in [-0.1, -0.05) is 66.5 Å². The van der Waals surface area contributed by atoms with Crippen molar-refractivity contribution in [3.8, 4) is 5.75 Å². The number of hydrogen-bond acceptors (Lipinski definition) is 16. The summed E-state index contributed by atoms with van der Waals surface area (Å²) in [6.07, 6.45) is -2.91. The number of amides is 9. The fourth-order valence-corrected chi connectivity index (χ4v) is 7.49. The van der Waals surface area contributed by atoms with E-state index in [0.717, 1.165) is 0 Å². The second kappa shape index (κ2) is 34.6. The summed E-state index contributed by atoms with van der Waals surface area (Å²) in [6.45, 7) is 8.77. The molecular weight excluding hydrogens is 1040 g/mol. The fourth-order valence-electron chi connectivity index (χ4n) is 7.49. The van der Waals surface area contributed by atoms with Crippen LogP contribution in [0.4, 0.5) is 0 Å². The first-order valence-corrected chi connectivity index (χ1v) is 25.5. The van der Waals surface area contributed by atoms with Crippen molar-refractivity contribution in [1.29, 1.82) is 0 Å². The number of rotatable bonds is 37. The number of primary amides is 1. The second-order valence-electron chi connectivity index (χ2n) is 19.4. The van der Waals surface area contributed by atoms with Gasteiger partial charge in [-0.05, 0) is 61.1 Å². The number of aliphatic carboxylic acids is 3. The topological polar surface area (TPSA) is 519 Å². The molecule has 0 radical (unpaired) electrons. The summed E-state index contributed by atoms with van der Waals surface area (Å²) in [4.78, 5) is 161. The number of carbonyl (C=O) groups is 12. The molecule has 0 spiro atoms. The Morgan fingerprint density at radius 1 is 0.544 bits per heavy atom. The highest BCUT2D eigenvalue weighted by molar-refractivity contribution is 5.99. The number of nitrogens with two attached hydrogens (primary N) is 4. The van der Waals surface area contributed by atoms with Crippen LogP contribution in [-0.2, 0) is 64.0 Å². The Hall–Kier alpha value is -8.15.